The highest BCUT2D eigenvalue weighted by molar-refractivity contribution is 7.22. The fourth-order valence-corrected chi connectivity index (χ4v) is 5.42. The summed E-state index contributed by atoms with van der Waals surface area (Å²) in [6.45, 7) is 1.92. The van der Waals surface area contributed by atoms with E-state index in [4.69, 9.17) is 13.9 Å². The largest absolute Gasteiger partial charge is 0.459 e. The van der Waals surface area contributed by atoms with Gasteiger partial charge in [-0.15, -0.1) is 11.3 Å². The molecule has 0 bridgehead atoms. The van der Waals surface area contributed by atoms with Gasteiger partial charge in [0.2, 0.25) is 11.8 Å². The number of benzene rings is 1. The highest BCUT2D eigenvalue weighted by Crippen LogP contribution is 2.40. The first-order valence-electron chi connectivity index (χ1n) is 13.4. The number of halogens is 1. The molecule has 5 rings (SSSR count). The molecule has 1 unspecified atom stereocenters. The van der Waals surface area contributed by atoms with Gasteiger partial charge in [-0.3, -0.25) is 14.6 Å². The maximum atomic E-state index is 15.0. The maximum Gasteiger partial charge on any atom is 0.233 e. The van der Waals surface area contributed by atoms with Gasteiger partial charge in [0, 0.05) is 44.7 Å². The second kappa shape index (κ2) is 13.6. The van der Waals surface area contributed by atoms with Crippen molar-refractivity contribution in [3.8, 4) is 22.1 Å². The predicted molar refractivity (Wildman–Crippen MR) is 160 cm³/mol. The number of nitrogens with one attached hydrogen (secondary N) is 2. The van der Waals surface area contributed by atoms with Crippen molar-refractivity contribution in [2.75, 3.05) is 32.6 Å². The van der Waals surface area contributed by atoms with Crippen molar-refractivity contribution in [1.82, 2.24) is 15.2 Å². The zero-order valence-electron chi connectivity index (χ0n) is 23.3. The number of carbonyl (C=O) groups is 2. The number of nitrogens with zero attached hydrogens (tertiary/aromatic N) is 2. The number of ether oxygens (including phenoxy) is 2. The van der Waals surface area contributed by atoms with Gasteiger partial charge in [0.1, 0.15) is 23.7 Å². The number of aromatic nitrogens is 1. The Balaban J connectivity index is 1.22. The number of likely N-dealkylation sites (N-methyl/N-ethyl adjacent to an activating group) is 1. The number of carbonyl (C=O) groups excluding carboxylic acids is 2. The zero-order valence-corrected chi connectivity index (χ0v) is 24.1. The monoisotopic (exact) mass is 590 g/mol. The van der Waals surface area contributed by atoms with Gasteiger partial charge >= 0.3 is 0 Å². The molecule has 1 aliphatic carbocycles. The molecule has 218 valence electrons. The summed E-state index contributed by atoms with van der Waals surface area (Å²) in [5.74, 6) is 0.436. The smallest absolute Gasteiger partial charge is 0.233 e. The summed E-state index contributed by atoms with van der Waals surface area (Å²) in [7, 11) is 3.32. The number of thiophene rings is 1. The second-order valence-corrected chi connectivity index (χ2v) is 10.7. The molecule has 1 aromatic carbocycles. The van der Waals surface area contributed by atoms with Gasteiger partial charge in [-0.25, -0.2) is 4.39 Å². The lowest BCUT2D eigenvalue weighted by molar-refractivity contribution is -0.134. The number of methoxy groups -OCH3 is 1. The van der Waals surface area contributed by atoms with Crippen molar-refractivity contribution >= 4 is 39.1 Å². The summed E-state index contributed by atoms with van der Waals surface area (Å²) in [5, 5.41) is 5.84. The molecule has 2 N–H and O–H groups in total. The number of amides is 2. The topological polar surface area (TPSA) is 106 Å². The number of pyridine rings is 1. The number of rotatable bonds is 12. The van der Waals surface area contributed by atoms with Crippen LogP contribution in [-0.2, 0) is 20.9 Å². The standard InChI is InChI=1S/C31H31FN4O5S/c1-36(21-6-4-3-5-7-21)30(38)18-29(37)35-20-8-10-25(23(32)16-20)41-27-12-13-34-24-17-28(42-31(24)27)26-11-9-22(40-26)19-33-14-15-39-2/h3-6,8-13,16-17,21,33H,7,14-15,18-19H2,1-2H3,(H,35,37). The third-order valence-corrected chi connectivity index (χ3v) is 7.81. The van der Waals surface area contributed by atoms with Crippen LogP contribution in [0.5, 0.6) is 11.5 Å². The summed E-state index contributed by atoms with van der Waals surface area (Å²) in [6, 6.07) is 11.4. The summed E-state index contributed by atoms with van der Waals surface area (Å²) in [4.78, 5) is 31.8. The minimum atomic E-state index is -0.659. The van der Waals surface area contributed by atoms with Crippen LogP contribution in [-0.4, -0.2) is 55.0 Å². The fraction of sp³-hybridized carbons (Fsp3) is 0.258. The molecule has 0 saturated carbocycles. The summed E-state index contributed by atoms with van der Waals surface area (Å²) < 4.78 is 32.7. The molecular weight excluding hydrogens is 559 g/mol. The molecule has 0 spiro atoms. The first kappa shape index (κ1) is 29.2. The average Bonchev–Trinajstić information content (AvgIpc) is 3.64. The average molecular weight is 591 g/mol. The maximum absolute atomic E-state index is 15.0. The molecule has 0 fully saturated rings. The van der Waals surface area contributed by atoms with Gasteiger partial charge in [0.25, 0.3) is 0 Å². The Morgan fingerprint density at radius 3 is 2.83 bits per heavy atom. The lowest BCUT2D eigenvalue weighted by Gasteiger charge is -2.25. The summed E-state index contributed by atoms with van der Waals surface area (Å²) in [5.41, 5.74) is 0.923. The van der Waals surface area contributed by atoms with Gasteiger partial charge in [-0.2, -0.15) is 0 Å². The molecule has 3 aromatic heterocycles. The minimum absolute atomic E-state index is 0.00850. The van der Waals surface area contributed by atoms with Crippen LogP contribution in [0.4, 0.5) is 10.1 Å². The van der Waals surface area contributed by atoms with Crippen LogP contribution in [0.15, 0.2) is 77.4 Å². The molecule has 4 aromatic rings. The molecule has 42 heavy (non-hydrogen) atoms. The van der Waals surface area contributed by atoms with Gasteiger partial charge < -0.3 is 29.4 Å². The van der Waals surface area contributed by atoms with E-state index in [1.54, 1.807) is 26.4 Å². The SMILES string of the molecule is COCCNCc1ccc(-c2cc3nccc(Oc4ccc(NC(=O)CC(=O)N(C)C5C=CC=CC5)cc4F)c3s2)o1. The van der Waals surface area contributed by atoms with Crippen LogP contribution in [0.1, 0.15) is 18.6 Å². The van der Waals surface area contributed by atoms with Gasteiger partial charge in [0.05, 0.1) is 34.3 Å². The molecule has 0 aliphatic heterocycles. The third-order valence-electron chi connectivity index (χ3n) is 6.66. The number of allylic oxidation sites excluding steroid dienone is 2. The van der Waals surface area contributed by atoms with E-state index >= 15 is 4.39 Å². The number of hydrogen-bond donors (Lipinski definition) is 2. The van der Waals surface area contributed by atoms with E-state index in [0.29, 0.717) is 36.6 Å². The number of anilines is 1. The normalized spacial score (nSPS) is 14.3. The van der Waals surface area contributed by atoms with E-state index in [1.165, 1.54) is 34.4 Å². The van der Waals surface area contributed by atoms with Crippen molar-refractivity contribution in [1.29, 1.82) is 0 Å². The molecule has 2 amide bonds. The van der Waals surface area contributed by atoms with E-state index in [0.717, 1.165) is 21.9 Å². The highest BCUT2D eigenvalue weighted by Gasteiger charge is 2.21. The Kier molecular flexibility index (Phi) is 9.42. The number of fused-ring (bicyclic) bond motifs is 1. The zero-order chi connectivity index (χ0) is 29.5. The van der Waals surface area contributed by atoms with Crippen LogP contribution in [0.25, 0.3) is 20.9 Å². The first-order valence-corrected chi connectivity index (χ1v) is 14.3. The van der Waals surface area contributed by atoms with Crippen LogP contribution < -0.4 is 15.4 Å². The van der Waals surface area contributed by atoms with Crippen LogP contribution >= 0.6 is 11.3 Å². The van der Waals surface area contributed by atoms with E-state index in [1.807, 2.05) is 42.5 Å². The van der Waals surface area contributed by atoms with Crippen molar-refractivity contribution in [3.05, 3.63) is 84.5 Å². The predicted octanol–water partition coefficient (Wildman–Crippen LogP) is 5.90. The van der Waals surface area contributed by atoms with Gasteiger partial charge in [0.15, 0.2) is 11.6 Å². The lowest BCUT2D eigenvalue weighted by atomic mass is 10.1. The Hall–Kier alpha value is -4.32. The van der Waals surface area contributed by atoms with Crippen molar-refractivity contribution in [3.63, 3.8) is 0 Å². The molecule has 1 atom stereocenters. The van der Waals surface area contributed by atoms with Crippen LogP contribution in [0, 0.1) is 5.82 Å². The van der Waals surface area contributed by atoms with Crippen molar-refractivity contribution < 1.29 is 27.9 Å². The van der Waals surface area contributed by atoms with E-state index in [2.05, 4.69) is 15.6 Å². The highest BCUT2D eigenvalue weighted by atomic mass is 32.1. The number of hydrogen-bond acceptors (Lipinski definition) is 8. The van der Waals surface area contributed by atoms with Crippen molar-refractivity contribution in [2.45, 2.75) is 25.4 Å². The molecule has 11 heteroatoms. The van der Waals surface area contributed by atoms with Gasteiger partial charge in [-0.05, 0) is 36.8 Å². The molecule has 1 aliphatic rings. The van der Waals surface area contributed by atoms with Crippen LogP contribution in [0.3, 0.4) is 0 Å². The molecular formula is C31H31FN4O5S. The number of furan rings is 1. The molecule has 3 heterocycles. The Morgan fingerprint density at radius 2 is 2.05 bits per heavy atom. The molecule has 0 saturated heterocycles. The van der Waals surface area contributed by atoms with Crippen LogP contribution in [0.2, 0.25) is 0 Å². The van der Waals surface area contributed by atoms with E-state index in [-0.39, 0.29) is 29.8 Å². The fourth-order valence-electron chi connectivity index (χ4n) is 4.39. The summed E-state index contributed by atoms with van der Waals surface area (Å²) >= 11 is 1.43. The Bertz CT molecular complexity index is 1630. The quantitative estimate of drug-likeness (QED) is 0.156. The van der Waals surface area contributed by atoms with E-state index in [9.17, 15) is 9.59 Å². The van der Waals surface area contributed by atoms with E-state index < -0.39 is 11.7 Å². The first-order chi connectivity index (χ1) is 20.4. The Labute approximate surface area is 246 Å². The van der Waals surface area contributed by atoms with Crippen molar-refractivity contribution in [2.24, 2.45) is 0 Å². The Morgan fingerprint density at radius 1 is 1.17 bits per heavy atom. The van der Waals surface area contributed by atoms with Gasteiger partial charge in [-0.1, -0.05) is 24.3 Å². The third kappa shape index (κ3) is 7.11. The lowest BCUT2D eigenvalue weighted by Crippen LogP contribution is -2.37. The second-order valence-electron chi connectivity index (χ2n) is 9.66. The minimum Gasteiger partial charge on any atom is -0.459 e. The summed E-state index contributed by atoms with van der Waals surface area (Å²) in [6.07, 6.45) is 9.62. The molecule has 0 radical (unpaired) electrons. The molecule has 9 nitrogen and oxygen atoms in total.